The van der Waals surface area contributed by atoms with Crippen LogP contribution in [0.4, 0.5) is 0 Å². The average Bonchev–Trinajstić information content (AvgIpc) is 3.23. The molecule has 10 aliphatic rings. The third kappa shape index (κ3) is 0.0576. The van der Waals surface area contributed by atoms with Gasteiger partial charge in [0.1, 0.15) is 0 Å². The van der Waals surface area contributed by atoms with Crippen molar-refractivity contribution in [3.8, 4) is 0 Å². The van der Waals surface area contributed by atoms with Gasteiger partial charge >= 0.3 is 91.8 Å². The predicted octanol–water partition coefficient (Wildman–Crippen LogP) is 4.84. The Balaban J connectivity index is 1.60. The molecule has 0 aliphatic carbocycles. The van der Waals surface area contributed by atoms with E-state index in [1.165, 1.54) is 56.2 Å². The number of hydrogen-bond acceptors (Lipinski definition) is 1. The van der Waals surface area contributed by atoms with Gasteiger partial charge in [0.25, 0.3) is 0 Å². The van der Waals surface area contributed by atoms with E-state index in [1.54, 1.807) is 0 Å². The topological polar surface area (TPSA) is 0 Å². The first kappa shape index (κ1) is 6.35. The number of fused-ring (bicyclic) bond motifs is 10. The summed E-state index contributed by atoms with van der Waals surface area (Å²) >= 11 is 5.21. The molecule has 5 unspecified atom stereocenters. The maximum absolute atomic E-state index is 5.21. The molecular weight excluding hydrogens is 256 g/mol. The first-order valence-corrected chi connectivity index (χ1v) is 14.2. The molecule has 0 radical (unpaired) electrons. The average molecular weight is 274 g/mol. The molecule has 1 spiro atoms. The first-order chi connectivity index (χ1) is 7.53. The van der Waals surface area contributed by atoms with Crippen LogP contribution in [0.25, 0.3) is 0 Å². The Hall–Kier alpha value is 0.869. The van der Waals surface area contributed by atoms with Crippen LogP contribution in [-0.4, -0.2) is 5.25 Å². The zero-order valence-corrected chi connectivity index (χ0v) is 11.5. The van der Waals surface area contributed by atoms with Gasteiger partial charge in [0.2, 0.25) is 0 Å². The summed E-state index contributed by atoms with van der Waals surface area (Å²) in [6.07, 6.45) is 2.86. The second-order valence-electron chi connectivity index (χ2n) is 11.0. The van der Waals surface area contributed by atoms with Crippen molar-refractivity contribution in [1.29, 1.82) is 0 Å². The minimum absolute atomic E-state index is 0.895. The van der Waals surface area contributed by atoms with Crippen LogP contribution in [-0.2, 0) is 6.51 Å². The number of thiol groups is 1. The van der Waals surface area contributed by atoms with Gasteiger partial charge in [0.15, 0.2) is 0 Å². The molecule has 0 aromatic carbocycles. The number of hydrogen-bond donors (Lipinski definition) is 1. The normalized spacial score (nSPS) is 128. The fourth-order valence-corrected chi connectivity index (χ4v) is 95.7. The molecular formula is C14H18FeS. The Bertz CT molecular complexity index is 833. The Morgan fingerprint density at radius 2 is 1.50 bits per heavy atom. The molecule has 88 valence electrons. The molecule has 0 aromatic heterocycles. The SMILES string of the molecule is CCCC(S)[C]12[CH]3[CH]4[CH]5[CH]1[Fe]45321678[CH]2[CH]1[CH]6[CH]7[CH]28. The fraction of sp³-hybridized carbons (Fsp3) is 1.00. The molecule has 0 saturated carbocycles. The molecule has 10 fully saturated rings. The standard InChI is InChI=1S/C9H13S.C5H5.Fe/c1-2-5-9(10)8-6-3-4-7-8;1-2-4-5-3-1;/h3-4,6-7,9-10H,2,5H2,1H3;1-5H;. The van der Waals surface area contributed by atoms with Gasteiger partial charge in [-0.3, -0.25) is 0 Å². The van der Waals surface area contributed by atoms with E-state index in [1.807, 2.05) is 0 Å². The molecule has 16 heavy (non-hydrogen) atoms. The Morgan fingerprint density at radius 3 is 1.75 bits per heavy atom. The molecule has 0 N–H and O–H groups in total. The summed E-state index contributed by atoms with van der Waals surface area (Å²) in [6, 6.07) is 0. The van der Waals surface area contributed by atoms with Gasteiger partial charge in [0.05, 0.1) is 0 Å². The van der Waals surface area contributed by atoms with Crippen molar-refractivity contribution in [1.82, 2.24) is 0 Å². The summed E-state index contributed by atoms with van der Waals surface area (Å²) in [4.78, 5) is 13.4. The van der Waals surface area contributed by atoms with Crippen LogP contribution in [0, 0.1) is 0 Å². The van der Waals surface area contributed by atoms with Crippen molar-refractivity contribution in [2.24, 2.45) is 0 Å². The van der Waals surface area contributed by atoms with Gasteiger partial charge in [-0.05, 0) is 0 Å². The molecule has 10 heterocycles. The molecule has 10 rings (SSSR count). The zero-order valence-electron chi connectivity index (χ0n) is 9.49. The molecule has 10 aliphatic heterocycles. The van der Waals surface area contributed by atoms with Crippen molar-refractivity contribution in [3.05, 3.63) is 0 Å². The molecule has 0 aromatic rings. The van der Waals surface area contributed by atoms with Crippen LogP contribution in [0.2, 0.25) is 47.7 Å². The van der Waals surface area contributed by atoms with E-state index in [-0.39, 0.29) is 0 Å². The maximum atomic E-state index is 5.21. The van der Waals surface area contributed by atoms with Crippen LogP contribution in [0.15, 0.2) is 0 Å². The van der Waals surface area contributed by atoms with Gasteiger partial charge in [-0.25, -0.2) is 0 Å². The van der Waals surface area contributed by atoms with Gasteiger partial charge in [0, 0.05) is 0 Å². The van der Waals surface area contributed by atoms with E-state index >= 15 is 0 Å². The summed E-state index contributed by atoms with van der Waals surface area (Å²) < 4.78 is 1.07. The first-order valence-electron chi connectivity index (χ1n) is 7.42. The third-order valence-corrected chi connectivity index (χ3v) is 59.5. The molecule has 0 amide bonds. The van der Waals surface area contributed by atoms with Crippen LogP contribution < -0.4 is 0 Å². The summed E-state index contributed by atoms with van der Waals surface area (Å²) in [5.41, 5.74) is 0. The quantitative estimate of drug-likeness (QED) is 0.552. The Kier molecular flexibility index (Phi) is 0.198. The molecule has 2 heteroatoms. The van der Waals surface area contributed by atoms with E-state index in [2.05, 4.69) is 6.92 Å². The van der Waals surface area contributed by atoms with Crippen molar-refractivity contribution in [3.63, 3.8) is 0 Å². The fourth-order valence-electron chi connectivity index (χ4n) is 17.8. The van der Waals surface area contributed by atoms with Gasteiger partial charge < -0.3 is 0 Å². The molecule has 10 saturated heterocycles. The summed E-state index contributed by atoms with van der Waals surface area (Å²) in [7, 11) is 0. The monoisotopic (exact) mass is 274 g/mol. The zero-order chi connectivity index (χ0) is 10.0. The molecule has 5 atom stereocenters. The van der Waals surface area contributed by atoms with E-state index in [0.29, 0.717) is 0 Å². The summed E-state index contributed by atoms with van der Waals surface area (Å²) in [5.74, 6) is 0. The third-order valence-electron chi connectivity index (χ3n) is 15.9. The molecule has 0 bridgehead atoms. The second-order valence-corrected chi connectivity index (χ2v) is 35.3. The second kappa shape index (κ2) is 0.499. The minimum atomic E-state index is -2.73. The van der Waals surface area contributed by atoms with Crippen molar-refractivity contribution in [2.45, 2.75) is 72.7 Å². The Labute approximate surface area is 91.6 Å². The van der Waals surface area contributed by atoms with Crippen molar-refractivity contribution >= 4 is 12.6 Å². The van der Waals surface area contributed by atoms with Gasteiger partial charge in [-0.1, -0.05) is 0 Å². The summed E-state index contributed by atoms with van der Waals surface area (Å²) in [5, 5.41) is 0.895. The predicted molar refractivity (Wildman–Crippen MR) is 64.1 cm³/mol. The number of rotatable bonds is 3. The van der Waals surface area contributed by atoms with Crippen molar-refractivity contribution < 1.29 is 6.51 Å². The van der Waals surface area contributed by atoms with Crippen LogP contribution in [0.5, 0.6) is 0 Å². The van der Waals surface area contributed by atoms with Gasteiger partial charge in [-0.2, -0.15) is 0 Å². The van der Waals surface area contributed by atoms with E-state index < -0.39 is 6.51 Å². The van der Waals surface area contributed by atoms with Crippen molar-refractivity contribution in [2.75, 3.05) is 0 Å². The van der Waals surface area contributed by atoms with E-state index in [0.717, 1.165) is 9.56 Å². The van der Waals surface area contributed by atoms with Crippen LogP contribution in [0.3, 0.4) is 0 Å². The van der Waals surface area contributed by atoms with Crippen LogP contribution >= 0.6 is 12.6 Å². The van der Waals surface area contributed by atoms with Gasteiger partial charge in [-0.15, -0.1) is 0 Å². The Morgan fingerprint density at radius 1 is 1.00 bits per heavy atom. The van der Waals surface area contributed by atoms with Crippen LogP contribution in [0.1, 0.15) is 19.8 Å². The molecule has 0 nitrogen and oxygen atoms in total. The van der Waals surface area contributed by atoms with E-state index in [9.17, 15) is 0 Å². The van der Waals surface area contributed by atoms with E-state index in [4.69, 9.17) is 12.6 Å². The summed E-state index contributed by atoms with van der Waals surface area (Å²) in [6.45, 7) is -0.347.